The molecular formula is C10H12Cl2N2. The molecule has 0 aromatic heterocycles. The zero-order chi connectivity index (χ0) is 10.6. The van der Waals surface area contributed by atoms with Gasteiger partial charge in [-0.1, -0.05) is 29.3 Å². The fourth-order valence-corrected chi connectivity index (χ4v) is 1.81. The Balaban J connectivity index is 2.62. The number of nitrogens with two attached hydrogens (primary N) is 1. The third-order valence-corrected chi connectivity index (χ3v) is 2.64. The summed E-state index contributed by atoms with van der Waals surface area (Å²) in [5, 5.41) is 8.44. The Morgan fingerprint density at radius 1 is 1.29 bits per heavy atom. The highest BCUT2D eigenvalue weighted by atomic mass is 35.5. The van der Waals surface area contributed by atoms with Gasteiger partial charge in [-0.05, 0) is 30.5 Å². The fraction of sp³-hybridized carbons (Fsp3) is 0.300. The van der Waals surface area contributed by atoms with E-state index in [0.717, 1.165) is 18.4 Å². The summed E-state index contributed by atoms with van der Waals surface area (Å²) in [5.74, 6) is 0.202. The van der Waals surface area contributed by atoms with Crippen LogP contribution in [0, 0.1) is 5.41 Å². The Kier molecular flexibility index (Phi) is 4.23. The SMILES string of the molecule is N=C(N)CCCc1c(Cl)cccc1Cl. The monoisotopic (exact) mass is 230 g/mol. The molecule has 1 aromatic rings. The lowest BCUT2D eigenvalue weighted by atomic mass is 10.1. The van der Waals surface area contributed by atoms with Crippen LogP contribution < -0.4 is 5.73 Å². The van der Waals surface area contributed by atoms with Gasteiger partial charge in [0.15, 0.2) is 0 Å². The van der Waals surface area contributed by atoms with Crippen LogP contribution in [-0.2, 0) is 6.42 Å². The van der Waals surface area contributed by atoms with Crippen molar-refractivity contribution in [1.29, 1.82) is 5.41 Å². The number of amidine groups is 1. The lowest BCUT2D eigenvalue weighted by Gasteiger charge is -2.05. The highest BCUT2D eigenvalue weighted by Crippen LogP contribution is 2.25. The van der Waals surface area contributed by atoms with E-state index in [9.17, 15) is 0 Å². The third-order valence-electron chi connectivity index (χ3n) is 1.93. The van der Waals surface area contributed by atoms with E-state index in [4.69, 9.17) is 34.3 Å². The van der Waals surface area contributed by atoms with Crippen molar-refractivity contribution in [3.63, 3.8) is 0 Å². The minimum atomic E-state index is 0.202. The van der Waals surface area contributed by atoms with Crippen molar-refractivity contribution in [2.75, 3.05) is 0 Å². The summed E-state index contributed by atoms with van der Waals surface area (Å²) in [4.78, 5) is 0. The van der Waals surface area contributed by atoms with Crippen LogP contribution in [-0.4, -0.2) is 5.84 Å². The largest absolute Gasteiger partial charge is 0.388 e. The molecule has 3 N–H and O–H groups in total. The first-order valence-electron chi connectivity index (χ1n) is 4.37. The molecule has 0 unspecified atom stereocenters. The molecule has 14 heavy (non-hydrogen) atoms. The number of hydrogen-bond acceptors (Lipinski definition) is 1. The Morgan fingerprint density at radius 2 is 1.86 bits per heavy atom. The van der Waals surface area contributed by atoms with Gasteiger partial charge in [0.1, 0.15) is 0 Å². The number of halogens is 2. The van der Waals surface area contributed by atoms with Gasteiger partial charge in [-0.15, -0.1) is 0 Å². The van der Waals surface area contributed by atoms with Crippen LogP contribution in [0.1, 0.15) is 18.4 Å². The summed E-state index contributed by atoms with van der Waals surface area (Å²) in [6.45, 7) is 0. The first-order chi connectivity index (χ1) is 6.61. The Bertz CT molecular complexity index is 317. The van der Waals surface area contributed by atoms with Crippen molar-refractivity contribution in [3.8, 4) is 0 Å². The minimum absolute atomic E-state index is 0.202. The normalized spacial score (nSPS) is 10.1. The van der Waals surface area contributed by atoms with Crippen LogP contribution in [0.2, 0.25) is 10.0 Å². The molecule has 0 saturated carbocycles. The summed E-state index contributed by atoms with van der Waals surface area (Å²) < 4.78 is 0. The maximum Gasteiger partial charge on any atom is 0.0905 e. The van der Waals surface area contributed by atoms with Gasteiger partial charge in [-0.3, -0.25) is 5.41 Å². The van der Waals surface area contributed by atoms with Crippen molar-refractivity contribution >= 4 is 29.0 Å². The zero-order valence-corrected chi connectivity index (χ0v) is 9.20. The second-order valence-electron chi connectivity index (χ2n) is 3.08. The molecule has 0 heterocycles. The molecule has 0 atom stereocenters. The predicted octanol–water partition coefficient (Wildman–Crippen LogP) is 3.25. The first kappa shape index (κ1) is 11.3. The second-order valence-corrected chi connectivity index (χ2v) is 3.89. The summed E-state index contributed by atoms with van der Waals surface area (Å²) in [7, 11) is 0. The van der Waals surface area contributed by atoms with Crippen molar-refractivity contribution in [1.82, 2.24) is 0 Å². The zero-order valence-electron chi connectivity index (χ0n) is 7.69. The average Bonchev–Trinajstić information content (AvgIpc) is 2.09. The standard InChI is InChI=1S/C10H12Cl2N2/c11-8-4-2-5-9(12)7(8)3-1-6-10(13)14/h2,4-5H,1,3,6H2,(H3,13,14). The number of rotatable bonds is 4. The molecular weight excluding hydrogens is 219 g/mol. The van der Waals surface area contributed by atoms with Gasteiger partial charge >= 0.3 is 0 Å². The van der Waals surface area contributed by atoms with Crippen molar-refractivity contribution in [2.45, 2.75) is 19.3 Å². The number of nitrogens with one attached hydrogen (secondary N) is 1. The quantitative estimate of drug-likeness (QED) is 0.606. The van der Waals surface area contributed by atoms with Crippen molar-refractivity contribution in [3.05, 3.63) is 33.8 Å². The van der Waals surface area contributed by atoms with Crippen LogP contribution in [0.5, 0.6) is 0 Å². The molecule has 0 aliphatic heterocycles. The molecule has 1 aromatic carbocycles. The summed E-state index contributed by atoms with van der Waals surface area (Å²) in [6.07, 6.45) is 2.15. The average molecular weight is 231 g/mol. The Hall–Kier alpha value is -0.730. The molecule has 4 heteroatoms. The molecule has 0 fully saturated rings. The number of benzene rings is 1. The molecule has 0 saturated heterocycles. The van der Waals surface area contributed by atoms with Crippen molar-refractivity contribution in [2.24, 2.45) is 5.73 Å². The molecule has 0 spiro atoms. The van der Waals surface area contributed by atoms with E-state index >= 15 is 0 Å². The number of hydrogen-bond donors (Lipinski definition) is 2. The lowest BCUT2D eigenvalue weighted by Crippen LogP contribution is -2.09. The van der Waals surface area contributed by atoms with Crippen LogP contribution in [0.25, 0.3) is 0 Å². The van der Waals surface area contributed by atoms with Crippen LogP contribution in [0.4, 0.5) is 0 Å². The van der Waals surface area contributed by atoms with Gasteiger partial charge in [0.05, 0.1) is 5.84 Å². The molecule has 0 aliphatic carbocycles. The van der Waals surface area contributed by atoms with Crippen LogP contribution in [0.15, 0.2) is 18.2 Å². The molecule has 0 aliphatic rings. The molecule has 0 bridgehead atoms. The van der Waals surface area contributed by atoms with E-state index in [0.29, 0.717) is 16.5 Å². The summed E-state index contributed by atoms with van der Waals surface area (Å²) >= 11 is 12.0. The van der Waals surface area contributed by atoms with E-state index in [1.807, 2.05) is 18.2 Å². The predicted molar refractivity (Wildman–Crippen MR) is 61.3 cm³/mol. The lowest BCUT2D eigenvalue weighted by molar-refractivity contribution is 0.858. The summed E-state index contributed by atoms with van der Waals surface area (Å²) in [5.41, 5.74) is 6.19. The van der Waals surface area contributed by atoms with Crippen molar-refractivity contribution < 1.29 is 0 Å². The maximum atomic E-state index is 7.08. The van der Waals surface area contributed by atoms with Gasteiger partial charge in [-0.2, -0.15) is 0 Å². The molecule has 1 rings (SSSR count). The van der Waals surface area contributed by atoms with E-state index in [2.05, 4.69) is 0 Å². The molecule has 0 amide bonds. The van der Waals surface area contributed by atoms with Gasteiger partial charge in [-0.25, -0.2) is 0 Å². The molecule has 0 radical (unpaired) electrons. The Labute approximate surface area is 93.5 Å². The molecule has 2 nitrogen and oxygen atoms in total. The third kappa shape index (κ3) is 3.20. The minimum Gasteiger partial charge on any atom is -0.388 e. The van der Waals surface area contributed by atoms with Gasteiger partial charge in [0.25, 0.3) is 0 Å². The van der Waals surface area contributed by atoms with E-state index in [1.165, 1.54) is 0 Å². The van der Waals surface area contributed by atoms with E-state index < -0.39 is 0 Å². The van der Waals surface area contributed by atoms with E-state index in [1.54, 1.807) is 0 Å². The van der Waals surface area contributed by atoms with Gasteiger partial charge in [0.2, 0.25) is 0 Å². The summed E-state index contributed by atoms with van der Waals surface area (Å²) in [6, 6.07) is 5.45. The maximum absolute atomic E-state index is 7.08. The van der Waals surface area contributed by atoms with Gasteiger partial charge < -0.3 is 5.73 Å². The van der Waals surface area contributed by atoms with Gasteiger partial charge in [0, 0.05) is 16.5 Å². The Morgan fingerprint density at radius 3 is 2.36 bits per heavy atom. The highest BCUT2D eigenvalue weighted by molar-refractivity contribution is 6.35. The van der Waals surface area contributed by atoms with E-state index in [-0.39, 0.29) is 5.84 Å². The fourth-order valence-electron chi connectivity index (χ4n) is 1.23. The highest BCUT2D eigenvalue weighted by Gasteiger charge is 2.04. The second kappa shape index (κ2) is 5.23. The first-order valence-corrected chi connectivity index (χ1v) is 5.12. The smallest absolute Gasteiger partial charge is 0.0905 e. The molecule has 76 valence electrons. The van der Waals surface area contributed by atoms with Crippen LogP contribution >= 0.6 is 23.2 Å². The topological polar surface area (TPSA) is 49.9 Å². The van der Waals surface area contributed by atoms with Crippen LogP contribution in [0.3, 0.4) is 0 Å².